The number of piperidine rings is 1. The maximum Gasteiger partial charge on any atom is 0.147 e. The molecule has 1 saturated carbocycles. The quantitative estimate of drug-likeness (QED) is 0.769. The lowest BCUT2D eigenvalue weighted by Crippen LogP contribution is -2.43. The third-order valence-corrected chi connectivity index (χ3v) is 4.77. The van der Waals surface area contributed by atoms with Crippen LogP contribution in [0.3, 0.4) is 0 Å². The van der Waals surface area contributed by atoms with E-state index in [0.29, 0.717) is 6.04 Å². The van der Waals surface area contributed by atoms with E-state index < -0.39 is 0 Å². The number of nitrogens with zero attached hydrogens (tertiary/aromatic N) is 2. The first-order valence-electron chi connectivity index (χ1n) is 6.33. The number of halogens is 2. The zero-order valence-corrected chi connectivity index (χ0v) is 12.0. The van der Waals surface area contributed by atoms with E-state index in [1.807, 2.05) is 12.3 Å². The van der Waals surface area contributed by atoms with Gasteiger partial charge in [0, 0.05) is 23.3 Å². The number of hydrogen-bond donors (Lipinski definition) is 0. The molecule has 2 heterocycles. The lowest BCUT2D eigenvalue weighted by molar-refractivity contribution is 0.360. The Kier molecular flexibility index (Phi) is 3.31. The van der Waals surface area contributed by atoms with Gasteiger partial charge in [-0.2, -0.15) is 0 Å². The van der Waals surface area contributed by atoms with Crippen molar-refractivity contribution >= 4 is 33.3 Å². The highest BCUT2D eigenvalue weighted by atomic mass is 79.9. The van der Waals surface area contributed by atoms with E-state index in [2.05, 4.69) is 25.8 Å². The highest BCUT2D eigenvalue weighted by Gasteiger charge is 2.36. The van der Waals surface area contributed by atoms with Crippen LogP contribution in [0.5, 0.6) is 0 Å². The van der Waals surface area contributed by atoms with E-state index in [-0.39, 0.29) is 0 Å². The summed E-state index contributed by atoms with van der Waals surface area (Å²) in [5.74, 6) is 1.84. The van der Waals surface area contributed by atoms with Crippen molar-refractivity contribution in [3.63, 3.8) is 0 Å². The van der Waals surface area contributed by atoms with Crippen LogP contribution in [0.2, 0.25) is 5.02 Å². The van der Waals surface area contributed by atoms with Crippen molar-refractivity contribution in [3.05, 3.63) is 21.8 Å². The van der Waals surface area contributed by atoms with Gasteiger partial charge >= 0.3 is 0 Å². The minimum Gasteiger partial charge on any atom is -0.352 e. The molecule has 2 aliphatic rings. The summed E-state index contributed by atoms with van der Waals surface area (Å²) in [5.41, 5.74) is 0. The Labute approximate surface area is 115 Å². The van der Waals surface area contributed by atoms with Gasteiger partial charge in [0.2, 0.25) is 0 Å². The fraction of sp³-hybridized carbons (Fsp3) is 0.615. The van der Waals surface area contributed by atoms with E-state index in [1.165, 1.54) is 32.1 Å². The van der Waals surface area contributed by atoms with Crippen LogP contribution in [0.15, 0.2) is 16.7 Å². The molecule has 4 heteroatoms. The Bertz CT molecular complexity index is 424. The molecule has 0 amide bonds. The van der Waals surface area contributed by atoms with Crippen molar-refractivity contribution in [2.75, 3.05) is 11.4 Å². The standard InChI is InChI=1S/C13H16BrClN2/c14-10-7-11(15)13(16-8-10)17-6-2-4-9-3-1-5-12(9)17/h7-9,12H,1-6H2. The molecule has 1 aliphatic carbocycles. The minimum absolute atomic E-state index is 0.676. The summed E-state index contributed by atoms with van der Waals surface area (Å²) in [6, 6.07) is 2.62. The van der Waals surface area contributed by atoms with Crippen LogP contribution in [0.4, 0.5) is 5.82 Å². The lowest BCUT2D eigenvalue weighted by atomic mass is 9.92. The third-order valence-electron chi connectivity index (χ3n) is 4.05. The smallest absolute Gasteiger partial charge is 0.147 e. The predicted octanol–water partition coefficient (Wildman–Crippen LogP) is 4.27. The van der Waals surface area contributed by atoms with Crippen molar-refractivity contribution < 1.29 is 0 Å². The zero-order valence-electron chi connectivity index (χ0n) is 9.70. The van der Waals surface area contributed by atoms with Gasteiger partial charge < -0.3 is 4.90 Å². The van der Waals surface area contributed by atoms with Crippen molar-refractivity contribution in [1.82, 2.24) is 4.98 Å². The first-order valence-corrected chi connectivity index (χ1v) is 7.50. The number of fused-ring (bicyclic) bond motifs is 1. The third kappa shape index (κ3) is 2.19. The topological polar surface area (TPSA) is 16.1 Å². The van der Waals surface area contributed by atoms with Crippen LogP contribution >= 0.6 is 27.5 Å². The zero-order chi connectivity index (χ0) is 11.8. The Balaban J connectivity index is 1.91. The van der Waals surface area contributed by atoms with E-state index >= 15 is 0 Å². The molecule has 1 aromatic heterocycles. The van der Waals surface area contributed by atoms with Gasteiger partial charge in [-0.3, -0.25) is 0 Å². The molecule has 1 saturated heterocycles. The van der Waals surface area contributed by atoms with E-state index in [1.54, 1.807) is 0 Å². The van der Waals surface area contributed by atoms with Gasteiger partial charge in [0.15, 0.2) is 0 Å². The maximum atomic E-state index is 6.32. The molecule has 0 bridgehead atoms. The predicted molar refractivity (Wildman–Crippen MR) is 74.7 cm³/mol. The highest BCUT2D eigenvalue weighted by Crippen LogP contribution is 2.40. The van der Waals surface area contributed by atoms with Crippen molar-refractivity contribution in [2.24, 2.45) is 5.92 Å². The molecule has 0 radical (unpaired) electrons. The van der Waals surface area contributed by atoms with Crippen LogP contribution < -0.4 is 4.90 Å². The Hall–Kier alpha value is -0.280. The van der Waals surface area contributed by atoms with Crippen molar-refractivity contribution in [2.45, 2.75) is 38.1 Å². The van der Waals surface area contributed by atoms with E-state index in [4.69, 9.17) is 11.6 Å². The number of rotatable bonds is 1. The summed E-state index contributed by atoms with van der Waals surface area (Å²) in [4.78, 5) is 6.95. The van der Waals surface area contributed by atoms with Gasteiger partial charge in [-0.25, -0.2) is 4.98 Å². The van der Waals surface area contributed by atoms with Crippen LogP contribution in [0.1, 0.15) is 32.1 Å². The molecule has 2 unspecified atom stereocenters. The van der Waals surface area contributed by atoms with Gasteiger partial charge in [-0.15, -0.1) is 0 Å². The van der Waals surface area contributed by atoms with Crippen LogP contribution in [0.25, 0.3) is 0 Å². The fourth-order valence-corrected chi connectivity index (χ4v) is 4.07. The SMILES string of the molecule is Clc1cc(Br)cnc1N1CCCC2CCCC21. The lowest BCUT2D eigenvalue weighted by Gasteiger charge is -2.39. The molecular weight excluding hydrogens is 300 g/mol. The molecular formula is C13H16BrClN2. The average Bonchev–Trinajstić information content (AvgIpc) is 2.77. The summed E-state index contributed by atoms with van der Waals surface area (Å²) in [6.45, 7) is 1.11. The summed E-state index contributed by atoms with van der Waals surface area (Å²) in [6.07, 6.45) is 8.55. The molecule has 0 aromatic carbocycles. The van der Waals surface area contributed by atoms with Gasteiger partial charge in [0.25, 0.3) is 0 Å². The summed E-state index contributed by atoms with van der Waals surface area (Å²) in [5, 5.41) is 0.770. The van der Waals surface area contributed by atoms with Crippen LogP contribution in [-0.4, -0.2) is 17.6 Å². The number of hydrogen-bond acceptors (Lipinski definition) is 2. The summed E-state index contributed by atoms with van der Waals surface area (Å²) in [7, 11) is 0. The Morgan fingerprint density at radius 3 is 2.94 bits per heavy atom. The number of aromatic nitrogens is 1. The Morgan fingerprint density at radius 1 is 1.29 bits per heavy atom. The minimum atomic E-state index is 0.676. The summed E-state index contributed by atoms with van der Waals surface area (Å²) >= 11 is 9.73. The monoisotopic (exact) mass is 314 g/mol. The van der Waals surface area contributed by atoms with Gasteiger partial charge in [-0.1, -0.05) is 18.0 Å². The first kappa shape index (κ1) is 11.8. The van der Waals surface area contributed by atoms with Crippen LogP contribution in [0, 0.1) is 5.92 Å². The normalized spacial score (nSPS) is 28.2. The van der Waals surface area contributed by atoms with Crippen LogP contribution in [-0.2, 0) is 0 Å². The molecule has 17 heavy (non-hydrogen) atoms. The molecule has 2 nitrogen and oxygen atoms in total. The molecule has 2 atom stereocenters. The maximum absolute atomic E-state index is 6.32. The molecule has 0 spiro atoms. The fourth-order valence-electron chi connectivity index (χ4n) is 3.34. The Morgan fingerprint density at radius 2 is 2.12 bits per heavy atom. The second-order valence-electron chi connectivity index (χ2n) is 5.05. The second-order valence-corrected chi connectivity index (χ2v) is 6.38. The van der Waals surface area contributed by atoms with Crippen molar-refractivity contribution in [1.29, 1.82) is 0 Å². The molecule has 1 aromatic rings. The van der Waals surface area contributed by atoms with Crippen molar-refractivity contribution in [3.8, 4) is 0 Å². The first-order chi connectivity index (χ1) is 8.25. The largest absolute Gasteiger partial charge is 0.352 e. The molecule has 92 valence electrons. The van der Waals surface area contributed by atoms with E-state index in [0.717, 1.165) is 27.8 Å². The second kappa shape index (κ2) is 4.77. The molecule has 3 rings (SSSR count). The van der Waals surface area contributed by atoms with E-state index in [9.17, 15) is 0 Å². The van der Waals surface area contributed by atoms with Gasteiger partial charge in [0.05, 0.1) is 5.02 Å². The number of pyridine rings is 1. The molecule has 1 aliphatic heterocycles. The van der Waals surface area contributed by atoms with Gasteiger partial charge in [0.1, 0.15) is 5.82 Å². The molecule has 2 fully saturated rings. The average molecular weight is 316 g/mol. The van der Waals surface area contributed by atoms with Gasteiger partial charge in [-0.05, 0) is 53.6 Å². The highest BCUT2D eigenvalue weighted by molar-refractivity contribution is 9.10. The number of anilines is 1. The molecule has 0 N–H and O–H groups in total. The summed E-state index contributed by atoms with van der Waals surface area (Å²) < 4.78 is 0.950.